The normalized spacial score (nSPS) is 14.7. The molecule has 0 bridgehead atoms. The number of hydrogen-bond acceptors (Lipinski definition) is 3. The fraction of sp³-hybridized carbons (Fsp3) is 0.556. The zero-order valence-electron chi connectivity index (χ0n) is 14.1. The highest BCUT2D eigenvalue weighted by atomic mass is 16.5. The summed E-state index contributed by atoms with van der Waals surface area (Å²) in [5.74, 6) is 1.18. The van der Waals surface area contributed by atoms with Gasteiger partial charge in [-0.3, -0.25) is 9.59 Å². The quantitative estimate of drug-likeness (QED) is 0.807. The molecule has 1 saturated heterocycles. The molecule has 1 aliphatic heterocycles. The lowest BCUT2D eigenvalue weighted by molar-refractivity contribution is -0.139. The summed E-state index contributed by atoms with van der Waals surface area (Å²) in [6.45, 7) is 4.61. The maximum atomic E-state index is 12.3. The van der Waals surface area contributed by atoms with Gasteiger partial charge in [-0.2, -0.15) is 0 Å². The van der Waals surface area contributed by atoms with Gasteiger partial charge in [0.25, 0.3) is 0 Å². The molecule has 1 aliphatic rings. The molecular weight excluding hydrogens is 292 g/mol. The Bertz CT molecular complexity index is 537. The first-order valence-corrected chi connectivity index (χ1v) is 8.32. The van der Waals surface area contributed by atoms with Crippen LogP contribution in [0.2, 0.25) is 0 Å². The van der Waals surface area contributed by atoms with Crippen molar-refractivity contribution in [2.75, 3.05) is 33.3 Å². The number of hydrogen-bond donors (Lipinski definition) is 0. The molecule has 1 heterocycles. The number of rotatable bonds is 6. The Morgan fingerprint density at radius 2 is 1.65 bits per heavy atom. The zero-order chi connectivity index (χ0) is 16.7. The van der Waals surface area contributed by atoms with Crippen molar-refractivity contribution in [2.45, 2.75) is 32.6 Å². The van der Waals surface area contributed by atoms with Crippen molar-refractivity contribution < 1.29 is 14.3 Å². The lowest BCUT2D eigenvalue weighted by Gasteiger charge is -2.35. The first kappa shape index (κ1) is 17.3. The number of amides is 2. The van der Waals surface area contributed by atoms with Gasteiger partial charge in [0.2, 0.25) is 11.8 Å². The van der Waals surface area contributed by atoms with Gasteiger partial charge in [0, 0.05) is 39.0 Å². The van der Waals surface area contributed by atoms with Crippen molar-refractivity contribution in [3.05, 3.63) is 29.8 Å². The zero-order valence-corrected chi connectivity index (χ0v) is 14.1. The smallest absolute Gasteiger partial charge is 0.223 e. The Morgan fingerprint density at radius 1 is 1.04 bits per heavy atom. The van der Waals surface area contributed by atoms with Crippen LogP contribution in [0.1, 0.15) is 31.7 Å². The maximum absolute atomic E-state index is 12.3. The first-order chi connectivity index (χ1) is 11.1. The van der Waals surface area contributed by atoms with Gasteiger partial charge in [-0.05, 0) is 30.5 Å². The molecular formula is C18H26N2O3. The number of carbonyl (C=O) groups is 2. The Labute approximate surface area is 138 Å². The third-order valence-corrected chi connectivity index (χ3v) is 4.21. The summed E-state index contributed by atoms with van der Waals surface area (Å²) < 4.78 is 5.20. The molecule has 0 unspecified atom stereocenters. The molecule has 23 heavy (non-hydrogen) atoms. The third kappa shape index (κ3) is 4.98. The number of benzene rings is 1. The van der Waals surface area contributed by atoms with E-state index in [0.717, 1.165) is 17.7 Å². The molecule has 126 valence electrons. The van der Waals surface area contributed by atoms with Crippen LogP contribution in [-0.4, -0.2) is 54.9 Å². The molecule has 0 saturated carbocycles. The Kier molecular flexibility index (Phi) is 6.44. The van der Waals surface area contributed by atoms with E-state index in [1.54, 1.807) is 7.11 Å². The van der Waals surface area contributed by atoms with Crippen molar-refractivity contribution in [1.29, 1.82) is 0 Å². The number of piperazine rings is 1. The van der Waals surface area contributed by atoms with Crippen LogP contribution >= 0.6 is 0 Å². The van der Waals surface area contributed by atoms with Gasteiger partial charge < -0.3 is 14.5 Å². The molecule has 2 rings (SSSR count). The van der Waals surface area contributed by atoms with Crippen molar-refractivity contribution in [3.63, 3.8) is 0 Å². The highest BCUT2D eigenvalue weighted by Crippen LogP contribution is 2.15. The van der Waals surface area contributed by atoms with E-state index in [2.05, 4.69) is 0 Å². The Hall–Kier alpha value is -2.04. The summed E-state index contributed by atoms with van der Waals surface area (Å²) in [4.78, 5) is 27.9. The SMILES string of the molecule is CCCC(=O)N1CCN(C(=O)CCc2cccc(OC)c2)CC1. The number of nitrogens with zero attached hydrogens (tertiary/aromatic N) is 2. The van der Waals surface area contributed by atoms with Gasteiger partial charge in [0.15, 0.2) is 0 Å². The fourth-order valence-corrected chi connectivity index (χ4v) is 2.81. The molecule has 0 radical (unpaired) electrons. The highest BCUT2D eigenvalue weighted by Gasteiger charge is 2.23. The van der Waals surface area contributed by atoms with Crippen LogP contribution in [0.4, 0.5) is 0 Å². The van der Waals surface area contributed by atoms with Gasteiger partial charge in [-0.15, -0.1) is 0 Å². The molecule has 0 aromatic heterocycles. The summed E-state index contributed by atoms with van der Waals surface area (Å²) >= 11 is 0. The summed E-state index contributed by atoms with van der Waals surface area (Å²) in [7, 11) is 1.64. The van der Waals surface area contributed by atoms with E-state index in [1.165, 1.54) is 0 Å². The van der Waals surface area contributed by atoms with E-state index in [-0.39, 0.29) is 11.8 Å². The Morgan fingerprint density at radius 3 is 2.22 bits per heavy atom. The van der Waals surface area contributed by atoms with Crippen molar-refractivity contribution in [1.82, 2.24) is 9.80 Å². The summed E-state index contributed by atoms with van der Waals surface area (Å²) in [6.07, 6.45) is 2.68. The van der Waals surface area contributed by atoms with Crippen LogP contribution in [0, 0.1) is 0 Å². The van der Waals surface area contributed by atoms with Gasteiger partial charge in [-0.1, -0.05) is 19.1 Å². The van der Waals surface area contributed by atoms with Gasteiger partial charge in [-0.25, -0.2) is 0 Å². The second kappa shape index (κ2) is 8.56. The van der Waals surface area contributed by atoms with E-state index in [9.17, 15) is 9.59 Å². The predicted molar refractivity (Wildman–Crippen MR) is 89.4 cm³/mol. The number of aryl methyl sites for hydroxylation is 1. The summed E-state index contributed by atoms with van der Waals surface area (Å²) in [5.41, 5.74) is 1.11. The predicted octanol–water partition coefficient (Wildman–Crippen LogP) is 2.10. The number of carbonyl (C=O) groups excluding carboxylic acids is 2. The van der Waals surface area contributed by atoms with Crippen LogP contribution in [0.15, 0.2) is 24.3 Å². The van der Waals surface area contributed by atoms with Gasteiger partial charge in [0.05, 0.1) is 7.11 Å². The average Bonchev–Trinajstić information content (AvgIpc) is 2.60. The van der Waals surface area contributed by atoms with Gasteiger partial charge in [0.1, 0.15) is 5.75 Å². The van der Waals surface area contributed by atoms with Crippen LogP contribution in [-0.2, 0) is 16.0 Å². The maximum Gasteiger partial charge on any atom is 0.223 e. The van der Waals surface area contributed by atoms with Crippen LogP contribution < -0.4 is 4.74 Å². The lowest BCUT2D eigenvalue weighted by atomic mass is 10.1. The van der Waals surface area contributed by atoms with Crippen LogP contribution in [0.25, 0.3) is 0 Å². The molecule has 1 fully saturated rings. The molecule has 1 aromatic carbocycles. The van der Waals surface area contributed by atoms with Gasteiger partial charge >= 0.3 is 0 Å². The molecule has 5 nitrogen and oxygen atoms in total. The molecule has 0 atom stereocenters. The molecule has 0 spiro atoms. The minimum atomic E-state index is 0.162. The average molecular weight is 318 g/mol. The summed E-state index contributed by atoms with van der Waals surface area (Å²) in [6, 6.07) is 7.82. The molecule has 1 aromatic rings. The topological polar surface area (TPSA) is 49.9 Å². The molecule has 5 heteroatoms. The standard InChI is InChI=1S/C18H26N2O3/c1-3-5-17(21)19-10-12-20(13-11-19)18(22)9-8-15-6-4-7-16(14-15)23-2/h4,6-7,14H,3,5,8-13H2,1-2H3. The number of methoxy groups -OCH3 is 1. The van der Waals surface area contributed by atoms with E-state index in [1.807, 2.05) is 41.0 Å². The molecule has 0 aliphatic carbocycles. The molecule has 0 N–H and O–H groups in total. The third-order valence-electron chi connectivity index (χ3n) is 4.21. The first-order valence-electron chi connectivity index (χ1n) is 8.32. The second-order valence-electron chi connectivity index (χ2n) is 5.86. The number of ether oxygens (including phenoxy) is 1. The monoisotopic (exact) mass is 318 g/mol. The van der Waals surface area contributed by atoms with Crippen molar-refractivity contribution in [3.8, 4) is 5.75 Å². The second-order valence-corrected chi connectivity index (χ2v) is 5.86. The molecule has 2 amide bonds. The lowest BCUT2D eigenvalue weighted by Crippen LogP contribution is -2.50. The fourth-order valence-electron chi connectivity index (χ4n) is 2.81. The Balaban J connectivity index is 1.77. The van der Waals surface area contributed by atoms with E-state index in [4.69, 9.17) is 4.74 Å². The van der Waals surface area contributed by atoms with Crippen LogP contribution in [0.3, 0.4) is 0 Å². The summed E-state index contributed by atoms with van der Waals surface area (Å²) in [5, 5.41) is 0. The highest BCUT2D eigenvalue weighted by molar-refractivity contribution is 5.78. The van der Waals surface area contributed by atoms with E-state index < -0.39 is 0 Å². The minimum absolute atomic E-state index is 0.162. The van der Waals surface area contributed by atoms with Crippen LogP contribution in [0.5, 0.6) is 5.75 Å². The minimum Gasteiger partial charge on any atom is -0.497 e. The van der Waals surface area contributed by atoms with Crippen molar-refractivity contribution >= 4 is 11.8 Å². The van der Waals surface area contributed by atoms with Crippen molar-refractivity contribution in [2.24, 2.45) is 0 Å². The van der Waals surface area contributed by atoms with E-state index >= 15 is 0 Å². The largest absolute Gasteiger partial charge is 0.497 e. The van der Waals surface area contributed by atoms with E-state index in [0.29, 0.717) is 45.4 Å².